The van der Waals surface area contributed by atoms with Crippen LogP contribution in [0.2, 0.25) is 5.02 Å². The second kappa shape index (κ2) is 9.23. The van der Waals surface area contributed by atoms with Crippen molar-refractivity contribution in [1.29, 1.82) is 0 Å². The number of carbonyl (C=O) groups is 1. The van der Waals surface area contributed by atoms with Gasteiger partial charge in [-0.1, -0.05) is 11.6 Å². The molecule has 1 saturated heterocycles. The molecule has 3 N–H and O–H groups in total. The molecule has 1 aromatic rings. The molecule has 1 aliphatic rings. The highest BCUT2D eigenvalue weighted by Gasteiger charge is 2.27. The molecule has 0 spiro atoms. The number of anilines is 1. The van der Waals surface area contributed by atoms with Gasteiger partial charge in [-0.15, -0.1) is 0 Å². The van der Waals surface area contributed by atoms with Gasteiger partial charge in [0.1, 0.15) is 5.60 Å². The number of ether oxygens (including phenoxy) is 1. The van der Waals surface area contributed by atoms with Crippen LogP contribution >= 0.6 is 46.4 Å². The highest BCUT2D eigenvalue weighted by atomic mass is 127. The fourth-order valence-electron chi connectivity index (χ4n) is 2.43. The number of pyridine rings is 1. The third-order valence-electron chi connectivity index (χ3n) is 3.51. The number of hydrogen-bond donors (Lipinski definition) is 3. The van der Waals surface area contributed by atoms with Crippen molar-refractivity contribution in [3.63, 3.8) is 0 Å². The van der Waals surface area contributed by atoms with Crippen molar-refractivity contribution in [2.24, 2.45) is 0 Å². The van der Waals surface area contributed by atoms with E-state index in [-0.39, 0.29) is 12.1 Å². The van der Waals surface area contributed by atoms with Crippen LogP contribution in [-0.2, 0) is 4.74 Å². The molecule has 1 amide bonds. The summed E-state index contributed by atoms with van der Waals surface area (Å²) in [7, 11) is 0. The van der Waals surface area contributed by atoms with Crippen molar-refractivity contribution in [1.82, 2.24) is 20.6 Å². The van der Waals surface area contributed by atoms with Gasteiger partial charge in [-0.05, 0) is 74.5 Å². The summed E-state index contributed by atoms with van der Waals surface area (Å²) in [6, 6.07) is 1.87. The van der Waals surface area contributed by atoms with E-state index in [1.807, 2.05) is 20.8 Å². The number of aromatic nitrogens is 1. The first kappa shape index (κ1) is 21.2. The van der Waals surface area contributed by atoms with Crippen LogP contribution in [-0.4, -0.2) is 45.8 Å². The molecule has 0 unspecified atom stereocenters. The molecule has 1 fully saturated rings. The van der Waals surface area contributed by atoms with Gasteiger partial charge < -0.3 is 15.0 Å². The molecular formula is C16H23ClIN5O2S. The summed E-state index contributed by atoms with van der Waals surface area (Å²) >= 11 is 13.3. The summed E-state index contributed by atoms with van der Waals surface area (Å²) in [5, 5.41) is 4.23. The van der Waals surface area contributed by atoms with Gasteiger partial charge in [0.25, 0.3) is 0 Å². The third kappa shape index (κ3) is 6.92. The molecule has 0 bridgehead atoms. The summed E-state index contributed by atoms with van der Waals surface area (Å²) in [5.74, 6) is 0.637. The van der Waals surface area contributed by atoms with Crippen molar-refractivity contribution < 1.29 is 9.53 Å². The standard InChI is InChI=1S/C16H23ClIN5O2S/c1-16(2,3)25-15(24)23-6-4-5-11(9-23)20-14(26)22-21-13-12(18)7-10(17)8-19-13/h7-8,11H,4-6,9H2,1-3H3,(H,19,21)(H2,20,22,26)/t11-/m1/s1. The predicted octanol–water partition coefficient (Wildman–Crippen LogP) is 3.53. The lowest BCUT2D eigenvalue weighted by atomic mass is 10.1. The third-order valence-corrected chi connectivity index (χ3v) is 4.76. The zero-order valence-electron chi connectivity index (χ0n) is 14.9. The number of hydrogen-bond acceptors (Lipinski definition) is 5. The molecule has 2 rings (SSSR count). The molecule has 0 saturated carbocycles. The van der Waals surface area contributed by atoms with E-state index in [1.165, 1.54) is 0 Å². The highest BCUT2D eigenvalue weighted by Crippen LogP contribution is 2.18. The van der Waals surface area contributed by atoms with E-state index in [0.29, 0.717) is 29.0 Å². The minimum atomic E-state index is -0.499. The molecule has 2 heterocycles. The summed E-state index contributed by atoms with van der Waals surface area (Å²) in [6.07, 6.45) is 3.09. The molecule has 0 radical (unpaired) electrons. The minimum absolute atomic E-state index is 0.0651. The number of piperidine rings is 1. The zero-order chi connectivity index (χ0) is 19.3. The molecule has 1 aliphatic heterocycles. The Hall–Kier alpha value is -1.07. The van der Waals surface area contributed by atoms with Gasteiger partial charge in [0, 0.05) is 25.3 Å². The van der Waals surface area contributed by atoms with Crippen LogP contribution in [0.15, 0.2) is 12.3 Å². The lowest BCUT2D eigenvalue weighted by molar-refractivity contribution is 0.0194. The Morgan fingerprint density at radius 2 is 2.23 bits per heavy atom. The topological polar surface area (TPSA) is 78.5 Å². The number of nitrogens with zero attached hydrogens (tertiary/aromatic N) is 2. The first-order valence-corrected chi connectivity index (χ1v) is 10.1. The molecular weight excluding hydrogens is 489 g/mol. The van der Waals surface area contributed by atoms with Crippen molar-refractivity contribution in [3.05, 3.63) is 20.9 Å². The monoisotopic (exact) mass is 511 g/mol. The van der Waals surface area contributed by atoms with E-state index in [1.54, 1.807) is 17.2 Å². The Bertz CT molecular complexity index is 671. The summed E-state index contributed by atoms with van der Waals surface area (Å²) in [5.41, 5.74) is 5.37. The second-order valence-electron chi connectivity index (χ2n) is 6.97. The number of rotatable bonds is 3. The van der Waals surface area contributed by atoms with Gasteiger partial charge in [0.05, 0.1) is 8.59 Å². The lowest BCUT2D eigenvalue weighted by Crippen LogP contribution is -2.53. The van der Waals surface area contributed by atoms with E-state index >= 15 is 0 Å². The largest absolute Gasteiger partial charge is 0.444 e. The number of nitrogens with one attached hydrogen (secondary N) is 3. The first-order valence-electron chi connectivity index (χ1n) is 8.25. The maximum Gasteiger partial charge on any atom is 0.410 e. The Morgan fingerprint density at radius 1 is 1.50 bits per heavy atom. The lowest BCUT2D eigenvalue weighted by Gasteiger charge is -2.34. The van der Waals surface area contributed by atoms with Crippen LogP contribution in [0.5, 0.6) is 0 Å². The number of thiocarbonyl (C=S) groups is 1. The van der Waals surface area contributed by atoms with Crippen LogP contribution in [0.1, 0.15) is 33.6 Å². The van der Waals surface area contributed by atoms with Crippen LogP contribution in [0, 0.1) is 3.57 Å². The van der Waals surface area contributed by atoms with Crippen LogP contribution < -0.4 is 16.2 Å². The summed E-state index contributed by atoms with van der Waals surface area (Å²) < 4.78 is 6.31. The van der Waals surface area contributed by atoms with Crippen LogP contribution in [0.25, 0.3) is 0 Å². The zero-order valence-corrected chi connectivity index (χ0v) is 18.7. The van der Waals surface area contributed by atoms with Crippen LogP contribution in [0.3, 0.4) is 0 Å². The fraction of sp³-hybridized carbons (Fsp3) is 0.562. The second-order valence-corrected chi connectivity index (χ2v) is 8.98. The maximum absolute atomic E-state index is 12.2. The van der Waals surface area contributed by atoms with E-state index in [2.05, 4.69) is 43.7 Å². The summed E-state index contributed by atoms with van der Waals surface area (Å²) in [4.78, 5) is 18.1. The summed E-state index contributed by atoms with van der Waals surface area (Å²) in [6.45, 7) is 6.83. The molecule has 1 atom stereocenters. The van der Waals surface area contributed by atoms with Gasteiger partial charge in [-0.25, -0.2) is 9.78 Å². The Balaban J connectivity index is 1.82. The fourth-order valence-corrected chi connectivity index (χ4v) is 3.60. The first-order chi connectivity index (χ1) is 12.1. The Labute approximate surface area is 177 Å². The predicted molar refractivity (Wildman–Crippen MR) is 115 cm³/mol. The quantitative estimate of drug-likeness (QED) is 0.325. The van der Waals surface area contributed by atoms with Crippen molar-refractivity contribution in [3.8, 4) is 0 Å². The minimum Gasteiger partial charge on any atom is -0.444 e. The van der Waals surface area contributed by atoms with Gasteiger partial charge in [-0.3, -0.25) is 10.9 Å². The van der Waals surface area contributed by atoms with Crippen molar-refractivity contribution in [2.75, 3.05) is 18.5 Å². The molecule has 0 aromatic carbocycles. The van der Waals surface area contributed by atoms with Crippen molar-refractivity contribution >= 4 is 63.4 Å². The highest BCUT2D eigenvalue weighted by molar-refractivity contribution is 14.1. The van der Waals surface area contributed by atoms with E-state index < -0.39 is 5.60 Å². The SMILES string of the molecule is CC(C)(C)OC(=O)N1CCC[C@@H](NC(=S)NNc2ncc(Cl)cc2I)C1. The number of amides is 1. The molecule has 10 heteroatoms. The molecule has 7 nitrogen and oxygen atoms in total. The van der Waals surface area contributed by atoms with Gasteiger partial charge >= 0.3 is 6.09 Å². The van der Waals surface area contributed by atoms with Gasteiger partial charge in [0.2, 0.25) is 0 Å². The van der Waals surface area contributed by atoms with E-state index in [9.17, 15) is 4.79 Å². The molecule has 144 valence electrons. The Kier molecular flexibility index (Phi) is 7.53. The number of carbonyl (C=O) groups excluding carboxylic acids is 1. The van der Waals surface area contributed by atoms with E-state index in [0.717, 1.165) is 16.4 Å². The molecule has 0 aliphatic carbocycles. The van der Waals surface area contributed by atoms with Crippen molar-refractivity contribution in [2.45, 2.75) is 45.3 Å². The average molecular weight is 512 g/mol. The molecule has 1 aromatic heterocycles. The smallest absolute Gasteiger partial charge is 0.410 e. The normalized spacial score (nSPS) is 17.4. The Morgan fingerprint density at radius 3 is 2.88 bits per heavy atom. The average Bonchev–Trinajstić information content (AvgIpc) is 2.52. The van der Waals surface area contributed by atoms with Gasteiger partial charge in [-0.2, -0.15) is 0 Å². The molecule has 26 heavy (non-hydrogen) atoms. The van der Waals surface area contributed by atoms with Crippen LogP contribution in [0.4, 0.5) is 10.6 Å². The van der Waals surface area contributed by atoms with E-state index in [4.69, 9.17) is 28.6 Å². The number of likely N-dealkylation sites (tertiary alicyclic amines) is 1. The van der Waals surface area contributed by atoms with Gasteiger partial charge in [0.15, 0.2) is 10.9 Å². The maximum atomic E-state index is 12.2. The number of halogens is 2. The number of hydrazine groups is 1.